The van der Waals surface area contributed by atoms with Crippen molar-refractivity contribution < 1.29 is 18.3 Å². The van der Waals surface area contributed by atoms with Crippen molar-refractivity contribution in [3.8, 4) is 0 Å². The fourth-order valence-electron chi connectivity index (χ4n) is 0.0638. The zero-order valence-electron chi connectivity index (χ0n) is 3.84. The summed E-state index contributed by atoms with van der Waals surface area (Å²) in [7, 11) is -2.82. The first-order valence-corrected chi connectivity index (χ1v) is 2.20. The molecule has 0 radical (unpaired) electrons. The lowest BCUT2D eigenvalue weighted by atomic mass is 11.3. The van der Waals surface area contributed by atoms with Gasteiger partial charge in [-0.05, 0) is 0 Å². The molecule has 5 nitrogen and oxygen atoms in total. The summed E-state index contributed by atoms with van der Waals surface area (Å²) in [5.41, 5.74) is 0. The van der Waals surface area contributed by atoms with E-state index in [4.69, 9.17) is 5.11 Å². The summed E-state index contributed by atoms with van der Waals surface area (Å²) in [5.74, 6) is 0. The SMILES string of the molecule is Cl.Cl.O=C(O)N=S(=O)=O. The molecule has 0 atom stereocenters. The molecule has 1 N–H and O–H groups in total. The molecule has 0 aromatic carbocycles. The van der Waals surface area contributed by atoms with Crippen LogP contribution in [-0.4, -0.2) is 19.6 Å². The van der Waals surface area contributed by atoms with Crippen LogP contribution in [0.1, 0.15) is 0 Å². The molecule has 9 heavy (non-hydrogen) atoms. The summed E-state index contributed by atoms with van der Waals surface area (Å²) >= 11 is 0. The minimum absolute atomic E-state index is 0. The van der Waals surface area contributed by atoms with E-state index in [1.807, 2.05) is 0 Å². The van der Waals surface area contributed by atoms with Gasteiger partial charge in [-0.2, -0.15) is 8.42 Å². The fourth-order valence-corrected chi connectivity index (χ4v) is 0.191. The second-order valence-electron chi connectivity index (χ2n) is 0.591. The molecule has 0 aliphatic heterocycles. The molecule has 0 aromatic heterocycles. The van der Waals surface area contributed by atoms with Crippen LogP contribution in [0.3, 0.4) is 0 Å². The van der Waals surface area contributed by atoms with E-state index in [2.05, 4.69) is 4.36 Å². The monoisotopic (exact) mass is 195 g/mol. The topological polar surface area (TPSA) is 83.8 Å². The Morgan fingerprint density at radius 3 is 1.67 bits per heavy atom. The van der Waals surface area contributed by atoms with Crippen LogP contribution in [0.15, 0.2) is 4.36 Å². The van der Waals surface area contributed by atoms with Crippen molar-refractivity contribution in [1.82, 2.24) is 0 Å². The Kier molecular flexibility index (Phi) is 13.5. The van der Waals surface area contributed by atoms with E-state index in [0.717, 1.165) is 0 Å². The lowest BCUT2D eigenvalue weighted by Crippen LogP contribution is -1.80. The Balaban J connectivity index is -0.000000180. The first-order valence-electron chi connectivity index (χ1n) is 1.17. The molecule has 8 heteroatoms. The van der Waals surface area contributed by atoms with Gasteiger partial charge in [0, 0.05) is 0 Å². The highest BCUT2D eigenvalue weighted by Crippen LogP contribution is 1.65. The van der Waals surface area contributed by atoms with Crippen molar-refractivity contribution in [2.75, 3.05) is 0 Å². The van der Waals surface area contributed by atoms with Crippen LogP contribution in [0, 0.1) is 0 Å². The van der Waals surface area contributed by atoms with Crippen LogP contribution in [0.5, 0.6) is 0 Å². The van der Waals surface area contributed by atoms with Crippen LogP contribution >= 0.6 is 24.8 Å². The predicted molar refractivity (Wildman–Crippen MR) is 33.9 cm³/mol. The average Bonchev–Trinajstić information content (AvgIpc) is 1.27. The second kappa shape index (κ2) is 7.67. The summed E-state index contributed by atoms with van der Waals surface area (Å²) in [6.45, 7) is 0. The Morgan fingerprint density at radius 2 is 1.67 bits per heavy atom. The summed E-state index contributed by atoms with van der Waals surface area (Å²) < 4.78 is 20.6. The zero-order chi connectivity index (χ0) is 5.86. The number of amides is 1. The first kappa shape index (κ1) is 15.9. The normalized spacial score (nSPS) is 5.78. The number of hydrogen-bond donors (Lipinski definition) is 1. The Hall–Kier alpha value is -0.330. The van der Waals surface area contributed by atoms with Crippen LogP contribution in [0.4, 0.5) is 4.79 Å². The number of carboxylic acid groups (broad SMARTS) is 1. The van der Waals surface area contributed by atoms with E-state index in [1.54, 1.807) is 0 Å². The third kappa shape index (κ3) is 18.3. The standard InChI is InChI=1S/CHNO4S.2ClH/c3-1(4)2-7(5)6;;/h(H,3,4);2*1H. The molecule has 0 spiro atoms. The fraction of sp³-hybridized carbons (Fsp3) is 0. The van der Waals surface area contributed by atoms with Gasteiger partial charge in [0.1, 0.15) is 0 Å². The minimum Gasteiger partial charge on any atom is -0.463 e. The van der Waals surface area contributed by atoms with E-state index < -0.39 is 16.6 Å². The molecule has 0 fully saturated rings. The van der Waals surface area contributed by atoms with Crippen LogP contribution in [0.2, 0.25) is 0 Å². The molecular weight excluding hydrogens is 193 g/mol. The number of halogens is 2. The number of carbonyl (C=O) groups is 1. The summed E-state index contributed by atoms with van der Waals surface area (Å²) in [4.78, 5) is 9.25. The minimum atomic E-state index is -2.82. The molecule has 0 heterocycles. The van der Waals surface area contributed by atoms with Gasteiger partial charge in [0.25, 0.3) is 0 Å². The lowest BCUT2D eigenvalue weighted by Gasteiger charge is -1.62. The van der Waals surface area contributed by atoms with Gasteiger partial charge < -0.3 is 5.11 Å². The van der Waals surface area contributed by atoms with Gasteiger partial charge in [-0.15, -0.1) is 24.8 Å². The van der Waals surface area contributed by atoms with Crippen molar-refractivity contribution in [2.24, 2.45) is 4.36 Å². The van der Waals surface area contributed by atoms with Gasteiger partial charge in [0.2, 0.25) is 0 Å². The molecule has 0 saturated heterocycles. The highest BCUT2D eigenvalue weighted by atomic mass is 35.5. The maximum atomic E-state index is 9.26. The molecule has 1 amide bonds. The highest BCUT2D eigenvalue weighted by molar-refractivity contribution is 7.62. The molecule has 0 bridgehead atoms. The van der Waals surface area contributed by atoms with Crippen molar-refractivity contribution in [1.29, 1.82) is 0 Å². The molecular formula is CH3Cl2NO4S. The van der Waals surface area contributed by atoms with E-state index in [0.29, 0.717) is 0 Å². The van der Waals surface area contributed by atoms with Crippen molar-refractivity contribution in [3.05, 3.63) is 0 Å². The van der Waals surface area contributed by atoms with Gasteiger partial charge in [-0.1, -0.05) is 4.36 Å². The van der Waals surface area contributed by atoms with Crippen LogP contribution in [0.25, 0.3) is 0 Å². The van der Waals surface area contributed by atoms with Gasteiger partial charge in [0.15, 0.2) is 0 Å². The van der Waals surface area contributed by atoms with Crippen molar-refractivity contribution in [3.63, 3.8) is 0 Å². The van der Waals surface area contributed by atoms with Crippen molar-refractivity contribution in [2.45, 2.75) is 0 Å². The molecule has 0 aromatic rings. The second-order valence-corrected chi connectivity index (χ2v) is 1.21. The summed E-state index contributed by atoms with van der Waals surface area (Å²) in [6, 6.07) is 0. The van der Waals surface area contributed by atoms with Gasteiger partial charge in [-0.3, -0.25) is 0 Å². The van der Waals surface area contributed by atoms with E-state index >= 15 is 0 Å². The third-order valence-corrected chi connectivity index (χ3v) is 0.458. The largest absolute Gasteiger partial charge is 0.463 e. The molecule has 0 aliphatic carbocycles. The highest BCUT2D eigenvalue weighted by Gasteiger charge is 1.84. The molecule has 56 valence electrons. The molecule has 0 aliphatic rings. The maximum Gasteiger partial charge on any atom is 0.446 e. The van der Waals surface area contributed by atoms with Crippen molar-refractivity contribution >= 4 is 41.4 Å². The smallest absolute Gasteiger partial charge is 0.446 e. The maximum absolute atomic E-state index is 9.26. The zero-order valence-corrected chi connectivity index (χ0v) is 6.29. The van der Waals surface area contributed by atoms with Gasteiger partial charge in [0.05, 0.1) is 0 Å². The van der Waals surface area contributed by atoms with Gasteiger partial charge >= 0.3 is 16.6 Å². The average molecular weight is 196 g/mol. The number of nitrogens with zero attached hydrogens (tertiary/aromatic N) is 1. The van der Waals surface area contributed by atoms with E-state index in [1.165, 1.54) is 0 Å². The van der Waals surface area contributed by atoms with E-state index in [-0.39, 0.29) is 24.8 Å². The number of hydrogen-bond acceptors (Lipinski definition) is 3. The number of rotatable bonds is 0. The Morgan fingerprint density at radius 1 is 1.33 bits per heavy atom. The molecule has 0 saturated carbocycles. The van der Waals surface area contributed by atoms with Crippen LogP contribution < -0.4 is 0 Å². The Bertz CT molecular complexity index is 187. The van der Waals surface area contributed by atoms with Crippen LogP contribution in [-0.2, 0) is 10.5 Å². The Labute approximate surface area is 64.6 Å². The summed E-state index contributed by atoms with van der Waals surface area (Å²) in [6.07, 6.45) is -1.70. The quantitative estimate of drug-likeness (QED) is 0.613. The van der Waals surface area contributed by atoms with E-state index in [9.17, 15) is 13.2 Å². The van der Waals surface area contributed by atoms with Gasteiger partial charge in [-0.25, -0.2) is 4.79 Å². The first-order chi connectivity index (χ1) is 3.13. The lowest BCUT2D eigenvalue weighted by molar-refractivity contribution is 0.206. The third-order valence-electron chi connectivity index (χ3n) is 0.153. The summed E-state index contributed by atoms with van der Waals surface area (Å²) in [5, 5.41) is 7.52. The molecule has 0 rings (SSSR count). The molecule has 0 unspecified atom stereocenters. The predicted octanol–water partition coefficient (Wildman–Crippen LogP) is 0.571.